The van der Waals surface area contributed by atoms with Crippen molar-refractivity contribution in [1.82, 2.24) is 9.21 Å². The number of hydrogen-bond acceptors (Lipinski definition) is 5. The molecule has 1 amide bonds. The van der Waals surface area contributed by atoms with Crippen molar-refractivity contribution in [1.29, 1.82) is 0 Å². The third-order valence-corrected chi connectivity index (χ3v) is 19.5. The lowest BCUT2D eigenvalue weighted by atomic mass is 10.1. The van der Waals surface area contributed by atoms with Crippen LogP contribution in [-0.4, -0.2) is 98.2 Å². The molecule has 20 heteroatoms. The van der Waals surface area contributed by atoms with Gasteiger partial charge in [0.25, 0.3) is 10.0 Å². The van der Waals surface area contributed by atoms with Crippen molar-refractivity contribution in [2.75, 3.05) is 26.2 Å². The fraction of sp³-hybridized carbons (Fsp3) is 0.962. The van der Waals surface area contributed by atoms with E-state index in [4.69, 9.17) is 8.23 Å². The van der Waals surface area contributed by atoms with E-state index in [-0.39, 0.29) is 10.7 Å². The number of carbonyl (C=O) groups is 1. The van der Waals surface area contributed by atoms with E-state index in [0.29, 0.717) is 6.42 Å². The third kappa shape index (κ3) is 11.7. The van der Waals surface area contributed by atoms with Gasteiger partial charge in [0, 0.05) is 32.6 Å². The number of amides is 1. The number of halogens is 9. The van der Waals surface area contributed by atoms with Crippen LogP contribution in [0.2, 0.25) is 51.9 Å². The SMILES string of the molecule is C[Si](C)(C)O[Si](C)(C)O[Si](C)(C)CCCCCCCCCCC(=O)N1CCN(S(=O)(=O)C(F)(F)C(F)(F)C(F)(F)C(F)(F)F)CC1. The van der Waals surface area contributed by atoms with Crippen molar-refractivity contribution in [3.63, 3.8) is 0 Å². The molecule has 46 heavy (non-hydrogen) atoms. The highest BCUT2D eigenvalue weighted by molar-refractivity contribution is 7.90. The molecule has 1 heterocycles. The number of piperazine rings is 1. The summed E-state index contributed by atoms with van der Waals surface area (Å²) in [6, 6.07) is 1.06. The lowest BCUT2D eigenvalue weighted by Crippen LogP contribution is -2.66. The summed E-state index contributed by atoms with van der Waals surface area (Å²) in [5.41, 5.74) is 0. The van der Waals surface area contributed by atoms with Crippen LogP contribution in [0.5, 0.6) is 0 Å². The maximum absolute atomic E-state index is 14.1. The van der Waals surface area contributed by atoms with E-state index < -0.39 is 90.6 Å². The molecule has 274 valence electrons. The van der Waals surface area contributed by atoms with E-state index in [1.807, 2.05) is 0 Å². The lowest BCUT2D eigenvalue weighted by molar-refractivity contribution is -0.382. The quantitative estimate of drug-likeness (QED) is 0.0756. The first-order valence-electron chi connectivity index (χ1n) is 15.4. The predicted octanol–water partition coefficient (Wildman–Crippen LogP) is 8.17. The molecule has 0 aromatic carbocycles. The van der Waals surface area contributed by atoms with Gasteiger partial charge < -0.3 is 13.1 Å². The molecule has 7 nitrogen and oxygen atoms in total. The molecule has 0 atom stereocenters. The van der Waals surface area contributed by atoms with E-state index in [1.165, 1.54) is 0 Å². The first kappa shape index (κ1) is 43.3. The summed E-state index contributed by atoms with van der Waals surface area (Å²) in [7, 11) is -12.3. The van der Waals surface area contributed by atoms with Gasteiger partial charge in [0.05, 0.1) is 0 Å². The Labute approximate surface area is 270 Å². The van der Waals surface area contributed by atoms with Gasteiger partial charge in [0.15, 0.2) is 16.6 Å². The summed E-state index contributed by atoms with van der Waals surface area (Å²) in [4.78, 5) is 13.6. The van der Waals surface area contributed by atoms with Crippen LogP contribution in [-0.2, 0) is 23.0 Å². The van der Waals surface area contributed by atoms with Crippen LogP contribution < -0.4 is 0 Å². The molecule has 0 aliphatic carbocycles. The zero-order valence-electron chi connectivity index (χ0n) is 27.6. The zero-order chi connectivity index (χ0) is 36.0. The van der Waals surface area contributed by atoms with Crippen LogP contribution in [0.3, 0.4) is 0 Å². The van der Waals surface area contributed by atoms with Crippen LogP contribution in [0.15, 0.2) is 0 Å². The Kier molecular flexibility index (Phi) is 15.0. The highest BCUT2D eigenvalue weighted by Gasteiger charge is 2.85. The van der Waals surface area contributed by atoms with Crippen molar-refractivity contribution in [2.45, 2.75) is 133 Å². The van der Waals surface area contributed by atoms with Gasteiger partial charge in [-0.1, -0.05) is 44.9 Å². The number of hydrogen-bond donors (Lipinski definition) is 0. The van der Waals surface area contributed by atoms with Crippen LogP contribution >= 0.6 is 0 Å². The minimum Gasteiger partial charge on any atom is -0.437 e. The second kappa shape index (κ2) is 15.9. The fourth-order valence-electron chi connectivity index (χ4n) is 5.38. The molecule has 0 bridgehead atoms. The standard InChI is InChI=1S/C26H49F9N2O5SSi3/c1-44(2,3)41-46(6,7)42-45(4,5)21-15-13-11-9-8-10-12-14-16-22(38)36-17-19-37(20-18-36)43(39,40)26(34,35)24(29,30)23(27,28)25(31,32)33/h8-21H2,1-7H3. The third-order valence-electron chi connectivity index (χ3n) is 7.36. The maximum Gasteiger partial charge on any atom is 0.460 e. The molecule has 0 aromatic heterocycles. The molecule has 1 rings (SSSR count). The van der Waals surface area contributed by atoms with E-state index in [1.54, 1.807) is 0 Å². The van der Waals surface area contributed by atoms with Crippen LogP contribution in [0, 0.1) is 0 Å². The van der Waals surface area contributed by atoms with Crippen LogP contribution in [0.1, 0.15) is 57.8 Å². The van der Waals surface area contributed by atoms with Gasteiger partial charge in [-0.2, -0.15) is 43.8 Å². The Morgan fingerprint density at radius 3 is 1.52 bits per heavy atom. The Hall–Kier alpha value is -0.679. The Morgan fingerprint density at radius 1 is 0.652 bits per heavy atom. The van der Waals surface area contributed by atoms with E-state index in [0.717, 1.165) is 55.9 Å². The second-order valence-corrected chi connectivity index (χ2v) is 28.4. The number of alkyl halides is 9. The molecular weight excluding hydrogens is 708 g/mol. The molecule has 0 unspecified atom stereocenters. The average molecular weight is 757 g/mol. The van der Waals surface area contributed by atoms with Gasteiger partial charge >= 0.3 is 31.8 Å². The van der Waals surface area contributed by atoms with Gasteiger partial charge in [-0.3, -0.25) is 4.79 Å². The van der Waals surface area contributed by atoms with Gasteiger partial charge in [0.2, 0.25) is 5.91 Å². The van der Waals surface area contributed by atoms with Gasteiger partial charge in [-0.15, -0.1) is 0 Å². The predicted molar refractivity (Wildman–Crippen MR) is 165 cm³/mol. The minimum atomic E-state index is -7.32. The molecule has 0 radical (unpaired) electrons. The minimum absolute atomic E-state index is 0.0690. The largest absolute Gasteiger partial charge is 0.460 e. The fourth-order valence-corrected chi connectivity index (χ4v) is 20.1. The molecular formula is C26H49F9N2O5SSi3. The van der Waals surface area contributed by atoms with Crippen LogP contribution in [0.4, 0.5) is 39.5 Å². The first-order valence-corrected chi connectivity index (χ1v) is 26.2. The van der Waals surface area contributed by atoms with Crippen molar-refractivity contribution < 1.29 is 61.0 Å². The zero-order valence-corrected chi connectivity index (χ0v) is 31.5. The summed E-state index contributed by atoms with van der Waals surface area (Å²) < 4.78 is 156. The van der Waals surface area contributed by atoms with Crippen LogP contribution in [0.25, 0.3) is 0 Å². The molecule has 0 saturated carbocycles. The topological polar surface area (TPSA) is 76.2 Å². The molecule has 0 N–H and O–H groups in total. The number of unbranched alkanes of at least 4 members (excludes halogenated alkanes) is 7. The Balaban J connectivity index is 2.37. The van der Waals surface area contributed by atoms with Gasteiger partial charge in [-0.25, -0.2) is 8.42 Å². The number of carbonyl (C=O) groups excluding carboxylic acids is 1. The lowest BCUT2D eigenvalue weighted by Gasteiger charge is -2.38. The van der Waals surface area contributed by atoms with Crippen molar-refractivity contribution in [3.8, 4) is 0 Å². The maximum atomic E-state index is 14.1. The molecule has 0 aromatic rings. The smallest absolute Gasteiger partial charge is 0.437 e. The molecule has 1 aliphatic rings. The molecule has 0 spiro atoms. The summed E-state index contributed by atoms with van der Waals surface area (Å²) in [5.74, 6) is -15.0. The summed E-state index contributed by atoms with van der Waals surface area (Å²) in [6.07, 6.45) is 0.304. The Morgan fingerprint density at radius 2 is 1.09 bits per heavy atom. The van der Waals surface area contributed by atoms with E-state index >= 15 is 0 Å². The summed E-state index contributed by atoms with van der Waals surface area (Å²) in [5, 5.41) is -6.76. The number of sulfonamides is 1. The molecule has 1 saturated heterocycles. The van der Waals surface area contributed by atoms with E-state index in [2.05, 4.69) is 45.8 Å². The molecule has 1 aliphatic heterocycles. The second-order valence-electron chi connectivity index (χ2n) is 13.8. The average Bonchev–Trinajstić information content (AvgIpc) is 2.86. The van der Waals surface area contributed by atoms with Gasteiger partial charge in [0.1, 0.15) is 0 Å². The van der Waals surface area contributed by atoms with Gasteiger partial charge in [-0.05, 0) is 58.3 Å². The highest BCUT2D eigenvalue weighted by atomic mass is 32.2. The van der Waals surface area contributed by atoms with Crippen molar-refractivity contribution in [2.24, 2.45) is 0 Å². The number of rotatable bonds is 19. The highest BCUT2D eigenvalue weighted by Crippen LogP contribution is 2.55. The number of nitrogens with zero attached hydrogens (tertiary/aromatic N) is 2. The van der Waals surface area contributed by atoms with Crippen molar-refractivity contribution in [3.05, 3.63) is 0 Å². The molecule has 1 fully saturated rings. The Bertz CT molecular complexity index is 1100. The first-order chi connectivity index (χ1) is 20.5. The summed E-state index contributed by atoms with van der Waals surface area (Å²) >= 11 is 0. The normalized spacial score (nSPS) is 17.1. The van der Waals surface area contributed by atoms with Crippen molar-refractivity contribution >= 4 is 41.1 Å². The monoisotopic (exact) mass is 756 g/mol. The summed E-state index contributed by atoms with van der Waals surface area (Å²) in [6.45, 7) is 12.2. The van der Waals surface area contributed by atoms with E-state index in [9.17, 15) is 52.7 Å².